The Morgan fingerprint density at radius 3 is 2.88 bits per heavy atom. The maximum Gasteiger partial charge on any atom is 0.304 e. The van der Waals surface area contributed by atoms with Crippen LogP contribution in [0.25, 0.3) is 10.9 Å². The maximum absolute atomic E-state index is 11.0. The van der Waals surface area contributed by atoms with Gasteiger partial charge in [-0.3, -0.25) is 9.79 Å². The maximum atomic E-state index is 11.0. The number of H-pyrrole nitrogens is 1. The van der Waals surface area contributed by atoms with Crippen LogP contribution in [0.2, 0.25) is 0 Å². The zero-order valence-electron chi connectivity index (χ0n) is 18.5. The summed E-state index contributed by atoms with van der Waals surface area (Å²) in [5, 5.41) is 11.6. The Morgan fingerprint density at radius 1 is 1.33 bits per heavy atom. The minimum Gasteiger partial charge on any atom is -0.486 e. The van der Waals surface area contributed by atoms with Crippen molar-refractivity contribution in [1.29, 1.82) is 0 Å². The van der Waals surface area contributed by atoms with E-state index in [4.69, 9.17) is 19.3 Å². The smallest absolute Gasteiger partial charge is 0.304 e. The summed E-state index contributed by atoms with van der Waals surface area (Å²) >= 11 is 3.05. The number of hydrogen-bond acceptors (Lipinski definition) is 8. The molecule has 0 saturated carbocycles. The first-order valence-corrected chi connectivity index (χ1v) is 12.5. The first-order chi connectivity index (χ1) is 15.9. The second kappa shape index (κ2) is 10.5. The standard InChI is InChI=1S/C23H25N3O5S2/c1-13(12-29-2)30-19-8-16(31-15-4-5-20(32-3)24-10-15)6-14-7-18(26-22(14)19)23-25-11-17(33-23)9-21(27)28/h4-8,10,13,17,26H,9,11-12H2,1-3H3,(H,27,28). The average Bonchev–Trinajstić information content (AvgIpc) is 3.41. The minimum absolute atomic E-state index is 0.0583. The Labute approximate surface area is 200 Å². The molecule has 2 aromatic heterocycles. The van der Waals surface area contributed by atoms with E-state index in [0.717, 1.165) is 26.7 Å². The molecule has 0 aliphatic carbocycles. The third-order valence-corrected chi connectivity index (χ3v) is 6.78. The van der Waals surface area contributed by atoms with Gasteiger partial charge in [0.1, 0.15) is 28.4 Å². The summed E-state index contributed by atoms with van der Waals surface area (Å²) in [7, 11) is 1.63. The molecule has 0 radical (unpaired) electrons. The minimum atomic E-state index is -0.815. The molecule has 1 aliphatic heterocycles. The van der Waals surface area contributed by atoms with Gasteiger partial charge in [0.25, 0.3) is 0 Å². The van der Waals surface area contributed by atoms with E-state index in [9.17, 15) is 4.79 Å². The molecule has 8 nitrogen and oxygen atoms in total. The number of carboxylic acids is 1. The van der Waals surface area contributed by atoms with Crippen LogP contribution in [0.1, 0.15) is 19.0 Å². The van der Waals surface area contributed by atoms with Crippen molar-refractivity contribution in [2.24, 2.45) is 4.99 Å². The lowest BCUT2D eigenvalue weighted by molar-refractivity contribution is -0.136. The Balaban J connectivity index is 1.64. The molecule has 33 heavy (non-hydrogen) atoms. The Hall–Kier alpha value is -2.69. The number of ether oxygens (including phenoxy) is 3. The zero-order chi connectivity index (χ0) is 23.4. The van der Waals surface area contributed by atoms with Gasteiger partial charge in [-0.2, -0.15) is 0 Å². The molecule has 0 fully saturated rings. The van der Waals surface area contributed by atoms with Gasteiger partial charge in [0.15, 0.2) is 0 Å². The van der Waals surface area contributed by atoms with Crippen LogP contribution in [0.3, 0.4) is 0 Å². The van der Waals surface area contributed by atoms with Gasteiger partial charge in [0.05, 0.1) is 42.0 Å². The number of aliphatic imine (C=N–C) groups is 1. The van der Waals surface area contributed by atoms with Gasteiger partial charge < -0.3 is 24.3 Å². The van der Waals surface area contributed by atoms with Crippen LogP contribution in [-0.2, 0) is 9.53 Å². The molecule has 2 unspecified atom stereocenters. The number of aromatic amines is 1. The summed E-state index contributed by atoms with van der Waals surface area (Å²) in [5.74, 6) is 1.07. The second-order valence-electron chi connectivity index (χ2n) is 7.57. The lowest BCUT2D eigenvalue weighted by Gasteiger charge is -2.16. The van der Waals surface area contributed by atoms with E-state index in [-0.39, 0.29) is 17.8 Å². The van der Waals surface area contributed by atoms with E-state index < -0.39 is 5.97 Å². The zero-order valence-corrected chi connectivity index (χ0v) is 20.2. The van der Waals surface area contributed by atoms with Crippen LogP contribution in [0.5, 0.6) is 17.2 Å². The van der Waals surface area contributed by atoms with Crippen LogP contribution in [0.4, 0.5) is 0 Å². The quantitative estimate of drug-likeness (QED) is 0.392. The number of benzene rings is 1. The molecular weight excluding hydrogens is 462 g/mol. The third-order valence-electron chi connectivity index (χ3n) is 4.90. The lowest BCUT2D eigenvalue weighted by Crippen LogP contribution is -2.18. The van der Waals surface area contributed by atoms with Gasteiger partial charge in [-0.15, -0.1) is 11.8 Å². The van der Waals surface area contributed by atoms with Crippen molar-refractivity contribution in [3.05, 3.63) is 42.2 Å². The van der Waals surface area contributed by atoms with Crippen molar-refractivity contribution in [1.82, 2.24) is 9.97 Å². The molecule has 0 amide bonds. The van der Waals surface area contributed by atoms with Gasteiger partial charge in [0.2, 0.25) is 0 Å². The molecule has 2 N–H and O–H groups in total. The molecule has 174 valence electrons. The fraction of sp³-hybridized carbons (Fsp3) is 0.348. The van der Waals surface area contributed by atoms with Gasteiger partial charge in [-0.05, 0) is 37.4 Å². The fourth-order valence-corrected chi connectivity index (χ4v) is 4.93. The first-order valence-electron chi connectivity index (χ1n) is 10.4. The predicted molar refractivity (Wildman–Crippen MR) is 131 cm³/mol. The Morgan fingerprint density at radius 2 is 2.18 bits per heavy atom. The van der Waals surface area contributed by atoms with Gasteiger partial charge in [-0.25, -0.2) is 4.98 Å². The summed E-state index contributed by atoms with van der Waals surface area (Å²) in [5.41, 5.74) is 1.65. The molecule has 3 aromatic rings. The highest BCUT2D eigenvalue weighted by Crippen LogP contribution is 2.36. The van der Waals surface area contributed by atoms with E-state index >= 15 is 0 Å². The second-order valence-corrected chi connectivity index (χ2v) is 9.69. The number of methoxy groups -OCH3 is 1. The van der Waals surface area contributed by atoms with Crippen LogP contribution in [-0.4, -0.2) is 64.0 Å². The Bertz CT molecular complexity index is 1160. The van der Waals surface area contributed by atoms with E-state index in [1.807, 2.05) is 43.5 Å². The summed E-state index contributed by atoms with van der Waals surface area (Å²) in [6.07, 6.45) is 3.59. The van der Waals surface area contributed by atoms with Crippen molar-refractivity contribution >= 4 is 45.4 Å². The van der Waals surface area contributed by atoms with Crippen LogP contribution in [0, 0.1) is 0 Å². The van der Waals surface area contributed by atoms with Crippen molar-refractivity contribution in [3.8, 4) is 17.2 Å². The SMILES string of the molecule is COCC(C)Oc1cc(Oc2ccc(SC)nc2)cc2cc(C3=NCC(CC(=O)O)S3)[nH]c12. The molecule has 3 heterocycles. The van der Waals surface area contributed by atoms with E-state index in [0.29, 0.717) is 30.4 Å². The highest BCUT2D eigenvalue weighted by atomic mass is 32.2. The third kappa shape index (κ3) is 5.82. The average molecular weight is 488 g/mol. The van der Waals surface area contributed by atoms with E-state index in [2.05, 4.69) is 15.0 Å². The van der Waals surface area contributed by atoms with Crippen molar-refractivity contribution in [3.63, 3.8) is 0 Å². The molecule has 0 bridgehead atoms. The molecule has 10 heteroatoms. The van der Waals surface area contributed by atoms with Crippen molar-refractivity contribution in [2.75, 3.05) is 26.5 Å². The lowest BCUT2D eigenvalue weighted by atomic mass is 10.2. The molecule has 0 saturated heterocycles. The number of fused-ring (bicyclic) bond motifs is 1. The number of aromatic nitrogens is 2. The van der Waals surface area contributed by atoms with Crippen LogP contribution >= 0.6 is 23.5 Å². The topological polar surface area (TPSA) is 106 Å². The van der Waals surface area contributed by atoms with Gasteiger partial charge in [0, 0.05) is 23.8 Å². The van der Waals surface area contributed by atoms with Gasteiger partial charge >= 0.3 is 5.97 Å². The van der Waals surface area contributed by atoms with E-state index in [1.54, 1.807) is 25.1 Å². The monoisotopic (exact) mass is 487 g/mol. The number of carbonyl (C=O) groups is 1. The number of nitrogens with one attached hydrogen (secondary N) is 1. The molecular formula is C23H25N3O5S2. The largest absolute Gasteiger partial charge is 0.486 e. The van der Waals surface area contributed by atoms with E-state index in [1.165, 1.54) is 11.8 Å². The molecule has 2 atom stereocenters. The normalized spacial score (nSPS) is 16.6. The summed E-state index contributed by atoms with van der Waals surface area (Å²) in [4.78, 5) is 23.3. The first kappa shape index (κ1) is 23.5. The Kier molecular flexibility index (Phi) is 7.46. The highest BCUT2D eigenvalue weighted by molar-refractivity contribution is 8.15. The molecule has 0 spiro atoms. The molecule has 1 aromatic carbocycles. The highest BCUT2D eigenvalue weighted by Gasteiger charge is 2.25. The number of hydrogen-bond donors (Lipinski definition) is 2. The summed E-state index contributed by atoms with van der Waals surface area (Å²) in [6, 6.07) is 9.55. The predicted octanol–water partition coefficient (Wildman–Crippen LogP) is 4.83. The summed E-state index contributed by atoms with van der Waals surface area (Å²) < 4.78 is 17.4. The number of rotatable bonds is 10. The van der Waals surface area contributed by atoms with Gasteiger partial charge in [-0.1, -0.05) is 11.8 Å². The number of aliphatic carboxylic acids is 1. The number of thioether (sulfide) groups is 2. The fourth-order valence-electron chi connectivity index (χ4n) is 3.49. The van der Waals surface area contributed by atoms with Crippen molar-refractivity contribution in [2.45, 2.75) is 29.7 Å². The van der Waals surface area contributed by atoms with Crippen LogP contribution < -0.4 is 9.47 Å². The molecule has 4 rings (SSSR count). The summed E-state index contributed by atoms with van der Waals surface area (Å²) in [6.45, 7) is 2.87. The molecule has 1 aliphatic rings. The number of nitrogens with zero attached hydrogens (tertiary/aromatic N) is 2. The van der Waals surface area contributed by atoms with Crippen LogP contribution in [0.15, 0.2) is 46.5 Å². The van der Waals surface area contributed by atoms with Crippen molar-refractivity contribution < 1.29 is 24.1 Å². The number of carboxylic acid groups (broad SMARTS) is 1. The number of pyridine rings is 1.